The average molecular weight is 479 g/mol. The number of allylic oxidation sites excluding steroid dienone is 1. The molecule has 4 N–H and O–H groups in total. The second-order valence-electron chi connectivity index (χ2n) is 6.54. The molecule has 3 rings (SSSR count). The largest absolute Gasteiger partial charge is 0.495 e. The minimum atomic E-state index is -0.732. The highest BCUT2D eigenvalue weighted by molar-refractivity contribution is 8.14. The lowest BCUT2D eigenvalue weighted by atomic mass is 9.96. The number of carbonyl (C=O) groups is 2. The quantitative estimate of drug-likeness (QED) is 0.578. The van der Waals surface area contributed by atoms with E-state index in [-0.39, 0.29) is 17.2 Å². The third-order valence-corrected chi connectivity index (χ3v) is 6.20. The van der Waals surface area contributed by atoms with Crippen molar-refractivity contribution in [3.05, 3.63) is 69.3 Å². The smallest absolute Gasteiger partial charge is 0.248 e. The van der Waals surface area contributed by atoms with E-state index in [9.17, 15) is 9.59 Å². The van der Waals surface area contributed by atoms with Crippen molar-refractivity contribution < 1.29 is 14.3 Å². The first-order valence-corrected chi connectivity index (χ1v) is 10.9. The van der Waals surface area contributed by atoms with Crippen LogP contribution in [0.15, 0.2) is 58.7 Å². The summed E-state index contributed by atoms with van der Waals surface area (Å²) in [5.74, 6) is -0.208. The lowest BCUT2D eigenvalue weighted by molar-refractivity contribution is -0.115. The number of aliphatic imine (C=N–C) groups is 1. The summed E-state index contributed by atoms with van der Waals surface area (Å²) < 4.78 is 5.24. The molecule has 2 amide bonds. The number of nitrogens with zero attached hydrogens (tertiary/aromatic N) is 1. The van der Waals surface area contributed by atoms with Gasteiger partial charge in [0.1, 0.15) is 11.8 Å². The fraction of sp³-hybridized carbons (Fsp3) is 0.190. The number of hydrogen-bond donors (Lipinski definition) is 3. The molecule has 2 aromatic rings. The van der Waals surface area contributed by atoms with E-state index in [1.807, 2.05) is 6.07 Å². The van der Waals surface area contributed by atoms with Crippen molar-refractivity contribution in [2.45, 2.75) is 13.0 Å². The van der Waals surface area contributed by atoms with Gasteiger partial charge in [-0.15, -0.1) is 0 Å². The maximum absolute atomic E-state index is 12.4. The Morgan fingerprint density at radius 2 is 1.97 bits per heavy atom. The second kappa shape index (κ2) is 10.1. The van der Waals surface area contributed by atoms with Crippen LogP contribution in [0, 0.1) is 0 Å². The van der Waals surface area contributed by atoms with Gasteiger partial charge in [0.25, 0.3) is 0 Å². The van der Waals surface area contributed by atoms with E-state index in [4.69, 9.17) is 33.7 Å². The molecule has 10 heteroatoms. The number of para-hydroxylation sites is 2. The van der Waals surface area contributed by atoms with E-state index in [2.05, 4.69) is 15.6 Å². The molecule has 0 saturated heterocycles. The lowest BCUT2D eigenvalue weighted by Crippen LogP contribution is -2.33. The molecule has 7 nitrogen and oxygen atoms in total. The van der Waals surface area contributed by atoms with Crippen molar-refractivity contribution in [2.75, 3.05) is 18.2 Å². The Morgan fingerprint density at radius 1 is 1.23 bits per heavy atom. The van der Waals surface area contributed by atoms with Gasteiger partial charge >= 0.3 is 0 Å². The molecule has 31 heavy (non-hydrogen) atoms. The predicted molar refractivity (Wildman–Crippen MR) is 126 cm³/mol. The van der Waals surface area contributed by atoms with Crippen LogP contribution in [0.2, 0.25) is 10.0 Å². The zero-order valence-corrected chi connectivity index (χ0v) is 19.1. The van der Waals surface area contributed by atoms with Crippen LogP contribution < -0.4 is 21.1 Å². The number of nitrogens with two attached hydrogens (primary N) is 1. The number of amidine groups is 1. The number of ether oxygens (including phenoxy) is 1. The number of halogens is 2. The van der Waals surface area contributed by atoms with Crippen LogP contribution >= 0.6 is 35.0 Å². The summed E-state index contributed by atoms with van der Waals surface area (Å²) in [6.07, 6.45) is 0. The number of rotatable bonds is 6. The third-order valence-electron chi connectivity index (χ3n) is 4.48. The normalized spacial score (nSPS) is 15.7. The maximum Gasteiger partial charge on any atom is 0.248 e. The molecule has 0 spiro atoms. The molecular formula is C21H20Cl2N4O3S. The molecule has 0 aromatic heterocycles. The number of methoxy groups -OCH3 is 1. The van der Waals surface area contributed by atoms with Crippen LogP contribution in [0.4, 0.5) is 5.69 Å². The highest BCUT2D eigenvalue weighted by Gasteiger charge is 2.30. The summed E-state index contributed by atoms with van der Waals surface area (Å²) in [5, 5.41) is 6.94. The zero-order valence-electron chi connectivity index (χ0n) is 16.7. The Labute approximate surface area is 194 Å². The fourth-order valence-corrected chi connectivity index (χ4v) is 4.22. The monoisotopic (exact) mass is 478 g/mol. The molecule has 1 aliphatic heterocycles. The molecular weight excluding hydrogens is 459 g/mol. The van der Waals surface area contributed by atoms with Gasteiger partial charge in [0.05, 0.1) is 34.2 Å². The lowest BCUT2D eigenvalue weighted by Gasteiger charge is -2.26. The SMILES string of the molecule is COc1ccccc1NC(=O)CSC1=N[C@H](c2cccc(Cl)c2Cl)C(C(N)=O)=C(C)N1. The standard InChI is InChI=1S/C21H20Cl2N4O3S/c1-11-17(20(24)29)19(12-6-5-7-13(22)18(12)23)27-21(25-11)31-10-16(28)26-14-8-3-4-9-15(14)30-2/h3-9,19H,10H2,1-2H3,(H2,24,29)(H,25,27)(H,26,28)/t19-/m1/s1. The Kier molecular flexibility index (Phi) is 7.48. The van der Waals surface area contributed by atoms with Crippen LogP contribution in [0.1, 0.15) is 18.5 Å². The van der Waals surface area contributed by atoms with Gasteiger partial charge in [0, 0.05) is 11.3 Å². The predicted octanol–water partition coefficient (Wildman–Crippen LogP) is 4.13. The van der Waals surface area contributed by atoms with Gasteiger partial charge in [0.15, 0.2) is 5.17 Å². The number of primary amides is 1. The number of thioether (sulfide) groups is 1. The summed E-state index contributed by atoms with van der Waals surface area (Å²) in [6.45, 7) is 1.72. The van der Waals surface area contributed by atoms with Crippen LogP contribution in [0.5, 0.6) is 5.75 Å². The molecule has 1 atom stereocenters. The van der Waals surface area contributed by atoms with Gasteiger partial charge in [-0.25, -0.2) is 4.99 Å². The van der Waals surface area contributed by atoms with Crippen molar-refractivity contribution in [3.8, 4) is 5.75 Å². The third kappa shape index (κ3) is 5.33. The summed E-state index contributed by atoms with van der Waals surface area (Å²) in [6, 6.07) is 11.5. The van der Waals surface area contributed by atoms with E-state index < -0.39 is 11.9 Å². The minimum Gasteiger partial charge on any atom is -0.495 e. The van der Waals surface area contributed by atoms with E-state index in [1.54, 1.807) is 43.3 Å². The van der Waals surface area contributed by atoms with Crippen LogP contribution in [-0.4, -0.2) is 29.8 Å². The topological polar surface area (TPSA) is 106 Å². The molecule has 0 bridgehead atoms. The van der Waals surface area contributed by atoms with Crippen molar-refractivity contribution in [2.24, 2.45) is 10.7 Å². The first-order chi connectivity index (χ1) is 14.8. The van der Waals surface area contributed by atoms with Crippen molar-refractivity contribution in [1.29, 1.82) is 0 Å². The Morgan fingerprint density at radius 3 is 2.68 bits per heavy atom. The van der Waals surface area contributed by atoms with E-state index >= 15 is 0 Å². The minimum absolute atomic E-state index is 0.0824. The highest BCUT2D eigenvalue weighted by Crippen LogP contribution is 2.38. The van der Waals surface area contributed by atoms with Gasteiger partial charge in [-0.05, 0) is 25.1 Å². The Bertz CT molecular complexity index is 1090. The summed E-state index contributed by atoms with van der Waals surface area (Å²) in [5.41, 5.74) is 7.54. The molecule has 0 aliphatic carbocycles. The molecule has 0 fully saturated rings. The van der Waals surface area contributed by atoms with Gasteiger partial charge in [0.2, 0.25) is 11.8 Å². The van der Waals surface area contributed by atoms with Gasteiger partial charge in [-0.1, -0.05) is 59.2 Å². The number of benzene rings is 2. The van der Waals surface area contributed by atoms with E-state index in [0.717, 1.165) is 0 Å². The average Bonchev–Trinajstić information content (AvgIpc) is 2.74. The fourth-order valence-electron chi connectivity index (χ4n) is 3.06. The molecule has 0 radical (unpaired) electrons. The number of hydrogen-bond acceptors (Lipinski definition) is 6. The zero-order chi connectivity index (χ0) is 22.5. The second-order valence-corrected chi connectivity index (χ2v) is 8.29. The number of anilines is 1. The van der Waals surface area contributed by atoms with E-state index in [1.165, 1.54) is 18.9 Å². The first-order valence-electron chi connectivity index (χ1n) is 9.16. The molecule has 0 saturated carbocycles. The molecule has 2 aromatic carbocycles. The summed E-state index contributed by atoms with van der Waals surface area (Å²) in [4.78, 5) is 29.1. The molecule has 1 aliphatic rings. The van der Waals surface area contributed by atoms with Crippen molar-refractivity contribution >= 4 is 57.6 Å². The number of amides is 2. The Balaban J connectivity index is 1.79. The van der Waals surface area contributed by atoms with Crippen molar-refractivity contribution in [3.63, 3.8) is 0 Å². The number of nitrogens with one attached hydrogen (secondary N) is 2. The van der Waals surface area contributed by atoms with E-state index in [0.29, 0.717) is 37.9 Å². The molecule has 1 heterocycles. The molecule has 162 valence electrons. The van der Waals surface area contributed by atoms with Crippen molar-refractivity contribution in [1.82, 2.24) is 5.32 Å². The maximum atomic E-state index is 12.4. The number of carbonyl (C=O) groups excluding carboxylic acids is 2. The van der Waals surface area contributed by atoms with Gasteiger partial charge < -0.3 is 21.1 Å². The molecule has 0 unspecified atom stereocenters. The van der Waals surface area contributed by atoms with Crippen LogP contribution in [0.3, 0.4) is 0 Å². The van der Waals surface area contributed by atoms with Crippen LogP contribution in [-0.2, 0) is 9.59 Å². The van der Waals surface area contributed by atoms with Crippen LogP contribution in [0.25, 0.3) is 0 Å². The highest BCUT2D eigenvalue weighted by atomic mass is 35.5. The first kappa shape index (κ1) is 23.0. The van der Waals surface area contributed by atoms with Gasteiger partial charge in [-0.3, -0.25) is 9.59 Å². The van der Waals surface area contributed by atoms with Gasteiger partial charge in [-0.2, -0.15) is 0 Å². The Hall–Kier alpha value is -2.68. The summed E-state index contributed by atoms with van der Waals surface area (Å²) >= 11 is 13.7. The summed E-state index contributed by atoms with van der Waals surface area (Å²) in [7, 11) is 1.53.